The van der Waals surface area contributed by atoms with E-state index < -0.39 is 17.7 Å². The molecular weight excluding hydrogens is 416 g/mol. The first-order valence-electron chi connectivity index (χ1n) is 11.2. The molecule has 1 fully saturated rings. The zero-order chi connectivity index (χ0) is 23.5. The summed E-state index contributed by atoms with van der Waals surface area (Å²) in [6, 6.07) is 18.9. The average molecular weight is 445 g/mol. The Labute approximate surface area is 193 Å². The maximum atomic E-state index is 13.2. The third-order valence-electron chi connectivity index (χ3n) is 6.32. The van der Waals surface area contributed by atoms with Crippen LogP contribution >= 0.6 is 0 Å². The van der Waals surface area contributed by atoms with Gasteiger partial charge in [-0.1, -0.05) is 62.4 Å². The number of aromatic hydroxyl groups is 1. The van der Waals surface area contributed by atoms with Crippen LogP contribution in [-0.4, -0.2) is 57.9 Å². The van der Waals surface area contributed by atoms with Gasteiger partial charge < -0.3 is 20.0 Å². The van der Waals surface area contributed by atoms with Gasteiger partial charge in [0.25, 0.3) is 11.7 Å². The summed E-state index contributed by atoms with van der Waals surface area (Å²) in [6.45, 7) is 6.74. The molecule has 4 rings (SSSR count). The molecule has 1 unspecified atom stereocenters. The van der Waals surface area contributed by atoms with Gasteiger partial charge in [-0.3, -0.25) is 9.59 Å². The Morgan fingerprint density at radius 3 is 2.27 bits per heavy atom. The quantitative estimate of drug-likeness (QED) is 0.322. The molecule has 1 aliphatic rings. The van der Waals surface area contributed by atoms with Crippen LogP contribution in [0, 0.1) is 0 Å². The highest BCUT2D eigenvalue weighted by Gasteiger charge is 2.45. The number of carbonyl (C=O) groups is 2. The van der Waals surface area contributed by atoms with Crippen molar-refractivity contribution >= 4 is 28.2 Å². The molecular formula is C27H28N2O4. The smallest absolute Gasteiger partial charge is 0.295 e. The molecule has 0 radical (unpaired) electrons. The summed E-state index contributed by atoms with van der Waals surface area (Å²) < 4.78 is 0. The summed E-state index contributed by atoms with van der Waals surface area (Å²) in [6.07, 6.45) is 0. The normalized spacial score (nSPS) is 17.9. The number of amides is 1. The van der Waals surface area contributed by atoms with Crippen molar-refractivity contribution in [3.05, 3.63) is 83.4 Å². The summed E-state index contributed by atoms with van der Waals surface area (Å²) in [7, 11) is 0. The molecule has 1 saturated heterocycles. The van der Waals surface area contributed by atoms with E-state index in [1.807, 2.05) is 36.4 Å². The number of nitrogens with zero attached hydrogens (tertiary/aromatic N) is 2. The van der Waals surface area contributed by atoms with Crippen LogP contribution in [0.4, 0.5) is 0 Å². The van der Waals surface area contributed by atoms with Crippen molar-refractivity contribution in [2.24, 2.45) is 0 Å². The number of likely N-dealkylation sites (N-methyl/N-ethyl adjacent to an activating group) is 1. The third kappa shape index (κ3) is 4.34. The number of phenols is 1. The fourth-order valence-electron chi connectivity index (χ4n) is 4.39. The summed E-state index contributed by atoms with van der Waals surface area (Å²) in [5.74, 6) is -1.42. The predicted molar refractivity (Wildman–Crippen MR) is 129 cm³/mol. The van der Waals surface area contributed by atoms with Gasteiger partial charge in [0, 0.05) is 18.7 Å². The Kier molecular flexibility index (Phi) is 6.47. The van der Waals surface area contributed by atoms with E-state index in [9.17, 15) is 19.8 Å². The Morgan fingerprint density at radius 2 is 1.61 bits per heavy atom. The number of aliphatic hydroxyl groups excluding tert-OH is 1. The first-order chi connectivity index (χ1) is 15.9. The highest BCUT2D eigenvalue weighted by molar-refractivity contribution is 6.46. The number of Topliss-reactive ketones (excluding diaryl/α,β-unsaturated/α-hetero) is 1. The molecule has 6 nitrogen and oxygen atoms in total. The number of hydrogen-bond acceptors (Lipinski definition) is 5. The number of fused-ring (bicyclic) bond motifs is 1. The third-order valence-corrected chi connectivity index (χ3v) is 6.32. The van der Waals surface area contributed by atoms with E-state index in [0.29, 0.717) is 24.2 Å². The summed E-state index contributed by atoms with van der Waals surface area (Å²) >= 11 is 0. The number of carbonyl (C=O) groups excluding carboxylic acids is 2. The Hall–Kier alpha value is -3.64. The molecule has 33 heavy (non-hydrogen) atoms. The van der Waals surface area contributed by atoms with Gasteiger partial charge in [-0.15, -0.1) is 0 Å². The van der Waals surface area contributed by atoms with Crippen LogP contribution in [0.2, 0.25) is 0 Å². The lowest BCUT2D eigenvalue weighted by Crippen LogP contribution is -2.38. The average Bonchev–Trinajstić information content (AvgIpc) is 3.09. The monoisotopic (exact) mass is 444 g/mol. The van der Waals surface area contributed by atoms with Crippen LogP contribution in [0.15, 0.2) is 72.3 Å². The van der Waals surface area contributed by atoms with Gasteiger partial charge >= 0.3 is 0 Å². The molecule has 3 aromatic rings. The first-order valence-corrected chi connectivity index (χ1v) is 11.2. The fraction of sp³-hybridized carbons (Fsp3) is 0.259. The summed E-state index contributed by atoms with van der Waals surface area (Å²) in [5, 5.41) is 23.0. The van der Waals surface area contributed by atoms with Crippen molar-refractivity contribution < 1.29 is 19.8 Å². The molecule has 1 aliphatic heterocycles. The lowest BCUT2D eigenvalue weighted by Gasteiger charge is -2.28. The topological polar surface area (TPSA) is 81.1 Å². The zero-order valence-electron chi connectivity index (χ0n) is 18.9. The Balaban J connectivity index is 1.81. The van der Waals surface area contributed by atoms with Crippen molar-refractivity contribution in [3.63, 3.8) is 0 Å². The fourth-order valence-corrected chi connectivity index (χ4v) is 4.39. The minimum absolute atomic E-state index is 0.0699. The second-order valence-corrected chi connectivity index (χ2v) is 8.17. The van der Waals surface area contributed by atoms with Crippen LogP contribution in [0.1, 0.15) is 31.0 Å². The molecule has 0 aliphatic carbocycles. The number of likely N-dealkylation sites (tertiary alicyclic amines) is 1. The number of benzene rings is 3. The van der Waals surface area contributed by atoms with Crippen molar-refractivity contribution in [3.8, 4) is 5.75 Å². The lowest BCUT2D eigenvalue weighted by atomic mass is 9.94. The molecule has 1 heterocycles. The van der Waals surface area contributed by atoms with E-state index in [1.54, 1.807) is 18.2 Å². The Morgan fingerprint density at radius 1 is 0.939 bits per heavy atom. The van der Waals surface area contributed by atoms with E-state index in [-0.39, 0.29) is 17.1 Å². The number of aliphatic hydroxyl groups is 1. The van der Waals surface area contributed by atoms with Crippen molar-refractivity contribution in [2.75, 3.05) is 26.2 Å². The summed E-state index contributed by atoms with van der Waals surface area (Å²) in [5.41, 5.74) is 1.22. The first kappa shape index (κ1) is 22.6. The minimum atomic E-state index is -0.729. The van der Waals surface area contributed by atoms with Crippen LogP contribution in [-0.2, 0) is 9.59 Å². The van der Waals surface area contributed by atoms with Crippen LogP contribution in [0.5, 0.6) is 5.75 Å². The van der Waals surface area contributed by atoms with Gasteiger partial charge in [-0.25, -0.2) is 0 Å². The van der Waals surface area contributed by atoms with E-state index in [1.165, 1.54) is 17.0 Å². The second kappa shape index (κ2) is 9.46. The molecule has 6 heteroatoms. The van der Waals surface area contributed by atoms with Gasteiger partial charge in [0.1, 0.15) is 11.5 Å². The molecule has 1 amide bonds. The maximum Gasteiger partial charge on any atom is 0.295 e. The van der Waals surface area contributed by atoms with E-state index in [0.717, 1.165) is 23.9 Å². The second-order valence-electron chi connectivity index (χ2n) is 8.17. The van der Waals surface area contributed by atoms with Crippen LogP contribution < -0.4 is 0 Å². The maximum absolute atomic E-state index is 13.2. The van der Waals surface area contributed by atoms with Crippen LogP contribution in [0.3, 0.4) is 0 Å². The van der Waals surface area contributed by atoms with Gasteiger partial charge in [0.15, 0.2) is 0 Å². The standard InChI is InChI=1S/C27H28N2O4/c1-3-28(4-2)15-16-29-24(19-11-13-22(30)14-12-19)23(26(32)27(29)33)25(31)21-10-9-18-7-5-6-8-20(18)17-21/h5-14,17,24,30-31H,3-4,15-16H2,1-2H3/b25-23-. The molecule has 0 aromatic heterocycles. The van der Waals surface area contributed by atoms with E-state index in [4.69, 9.17) is 0 Å². The zero-order valence-corrected chi connectivity index (χ0v) is 18.9. The number of phenolic OH excluding ortho intramolecular Hbond substituents is 1. The van der Waals surface area contributed by atoms with Gasteiger partial charge in [-0.2, -0.15) is 0 Å². The molecule has 0 saturated carbocycles. The van der Waals surface area contributed by atoms with Crippen LogP contribution in [0.25, 0.3) is 16.5 Å². The SMILES string of the molecule is CCN(CC)CCN1C(=O)C(=O)/C(=C(\O)c2ccc3ccccc3c2)C1c1ccc(O)cc1. The van der Waals surface area contributed by atoms with Crippen molar-refractivity contribution in [2.45, 2.75) is 19.9 Å². The molecule has 0 bridgehead atoms. The minimum Gasteiger partial charge on any atom is -0.508 e. The number of rotatable bonds is 7. The largest absolute Gasteiger partial charge is 0.508 e. The van der Waals surface area contributed by atoms with Crippen molar-refractivity contribution in [1.29, 1.82) is 0 Å². The van der Waals surface area contributed by atoms with E-state index >= 15 is 0 Å². The lowest BCUT2D eigenvalue weighted by molar-refractivity contribution is -0.140. The molecule has 170 valence electrons. The van der Waals surface area contributed by atoms with Gasteiger partial charge in [-0.05, 0) is 47.6 Å². The van der Waals surface area contributed by atoms with Gasteiger partial charge in [0.2, 0.25) is 0 Å². The molecule has 2 N–H and O–H groups in total. The highest BCUT2D eigenvalue weighted by Crippen LogP contribution is 2.40. The number of hydrogen-bond donors (Lipinski definition) is 2. The highest BCUT2D eigenvalue weighted by atomic mass is 16.3. The van der Waals surface area contributed by atoms with Crippen molar-refractivity contribution in [1.82, 2.24) is 9.80 Å². The Bertz CT molecular complexity index is 1210. The summed E-state index contributed by atoms with van der Waals surface area (Å²) in [4.78, 5) is 29.9. The molecule has 1 atom stereocenters. The van der Waals surface area contributed by atoms with Gasteiger partial charge in [0.05, 0.1) is 11.6 Å². The molecule has 0 spiro atoms. The number of ketones is 1. The predicted octanol–water partition coefficient (Wildman–Crippen LogP) is 4.31. The van der Waals surface area contributed by atoms with E-state index in [2.05, 4.69) is 18.7 Å². The molecule has 3 aromatic carbocycles.